The highest BCUT2D eigenvalue weighted by atomic mass is 17.0. The van der Waals surface area contributed by atoms with Crippen LogP contribution in [-0.4, -0.2) is 22.9 Å². The van der Waals surface area contributed by atoms with Gasteiger partial charge in [0.15, 0.2) is 0 Å². The first-order valence-corrected chi connectivity index (χ1v) is 8.60. The minimum Gasteiger partial charge on any atom is -0.372 e. The van der Waals surface area contributed by atoms with Crippen LogP contribution in [0.25, 0.3) is 0 Å². The lowest BCUT2D eigenvalue weighted by atomic mass is 9.75. The van der Waals surface area contributed by atoms with Gasteiger partial charge in [0.25, 0.3) is 5.09 Å². The number of rotatable bonds is 6. The molecule has 0 radical (unpaired) electrons. The average Bonchev–Trinajstić information content (AvgIpc) is 2.68. The predicted octanol–water partition coefficient (Wildman–Crippen LogP) is 4.27. The Morgan fingerprint density at radius 3 is 2.71 bits per heavy atom. The number of ether oxygens (including phenoxy) is 1. The molecule has 2 fully saturated rings. The quantitative estimate of drug-likeness (QED) is 0.542. The molecule has 2 unspecified atom stereocenters. The number of nitrogens with zero attached hydrogens (tertiary/aromatic N) is 1. The highest BCUT2D eigenvalue weighted by Gasteiger charge is 2.50. The highest BCUT2D eigenvalue weighted by Crippen LogP contribution is 2.44. The molecule has 5 heteroatoms. The molecule has 0 N–H and O–H groups in total. The van der Waals surface area contributed by atoms with Crippen LogP contribution in [-0.2, 0) is 9.57 Å². The largest absolute Gasteiger partial charge is 0.372 e. The molecule has 1 aliphatic heterocycles. The molecule has 0 spiro atoms. The topological polar surface area (TPSA) is 61.6 Å². The molecule has 0 aromatic rings. The van der Waals surface area contributed by atoms with Crippen molar-refractivity contribution in [1.29, 1.82) is 0 Å². The second-order valence-corrected chi connectivity index (χ2v) is 6.66. The molecule has 0 bridgehead atoms. The maximum Gasteiger partial charge on any atom is 0.295 e. The van der Waals surface area contributed by atoms with E-state index in [1.54, 1.807) is 0 Å². The van der Waals surface area contributed by atoms with Crippen LogP contribution in [0.3, 0.4) is 0 Å². The molecule has 122 valence electrons. The minimum atomic E-state index is -0.722. The first-order chi connectivity index (χ1) is 10.1. The summed E-state index contributed by atoms with van der Waals surface area (Å²) in [6.07, 6.45) is 10.3. The summed E-state index contributed by atoms with van der Waals surface area (Å²) in [6.45, 7) is 4.16. The van der Waals surface area contributed by atoms with E-state index < -0.39 is 10.7 Å². The van der Waals surface area contributed by atoms with Crippen molar-refractivity contribution in [2.45, 2.75) is 95.9 Å². The van der Waals surface area contributed by atoms with E-state index in [4.69, 9.17) is 9.57 Å². The Hall–Kier alpha value is -0.840. The Labute approximate surface area is 127 Å². The molecular weight excluding hydrogens is 270 g/mol. The van der Waals surface area contributed by atoms with Crippen molar-refractivity contribution in [2.75, 3.05) is 0 Å². The van der Waals surface area contributed by atoms with Gasteiger partial charge in [0.05, 0.1) is 12.2 Å². The molecule has 0 amide bonds. The molecule has 0 aromatic carbocycles. The van der Waals surface area contributed by atoms with Gasteiger partial charge in [0, 0.05) is 0 Å². The number of unbranched alkanes of at least 4 members (excludes halogenated alkanes) is 1. The van der Waals surface area contributed by atoms with Crippen LogP contribution in [0.4, 0.5) is 0 Å². The third kappa shape index (κ3) is 3.87. The fourth-order valence-corrected chi connectivity index (χ4v) is 4.17. The SMILES string of the molecule is CCCCC1(O[N+](=O)[O-])C[C@H]2CCCCC[C@H]2OC1CC. The lowest BCUT2D eigenvalue weighted by Gasteiger charge is -2.48. The van der Waals surface area contributed by atoms with Crippen LogP contribution < -0.4 is 0 Å². The zero-order valence-electron chi connectivity index (χ0n) is 13.4. The normalized spacial score (nSPS) is 36.6. The van der Waals surface area contributed by atoms with E-state index in [0.717, 1.165) is 44.9 Å². The van der Waals surface area contributed by atoms with Crippen molar-refractivity contribution in [2.24, 2.45) is 5.92 Å². The lowest BCUT2D eigenvalue weighted by molar-refractivity contribution is -0.786. The zero-order valence-corrected chi connectivity index (χ0v) is 13.4. The molecule has 4 atom stereocenters. The van der Waals surface area contributed by atoms with E-state index in [-0.39, 0.29) is 12.2 Å². The van der Waals surface area contributed by atoms with Gasteiger partial charge in [-0.3, -0.25) is 0 Å². The van der Waals surface area contributed by atoms with E-state index in [1.165, 1.54) is 19.3 Å². The fraction of sp³-hybridized carbons (Fsp3) is 1.00. The second kappa shape index (κ2) is 7.43. The summed E-state index contributed by atoms with van der Waals surface area (Å²) in [5, 5.41) is 10.5. The van der Waals surface area contributed by atoms with Crippen LogP contribution >= 0.6 is 0 Å². The van der Waals surface area contributed by atoms with Crippen LogP contribution in [0.1, 0.15) is 78.1 Å². The van der Waals surface area contributed by atoms with Crippen molar-refractivity contribution < 1.29 is 14.7 Å². The Bertz CT molecular complexity index is 349. The maximum absolute atomic E-state index is 11.1. The van der Waals surface area contributed by atoms with Gasteiger partial charge in [-0.15, -0.1) is 10.1 Å². The van der Waals surface area contributed by atoms with E-state index in [2.05, 4.69) is 6.92 Å². The number of hydrogen-bond donors (Lipinski definition) is 0. The molecule has 5 nitrogen and oxygen atoms in total. The summed E-state index contributed by atoms with van der Waals surface area (Å²) < 4.78 is 6.30. The summed E-state index contributed by atoms with van der Waals surface area (Å²) in [4.78, 5) is 16.3. The van der Waals surface area contributed by atoms with E-state index in [0.29, 0.717) is 5.92 Å². The monoisotopic (exact) mass is 299 g/mol. The standard InChI is InChI=1S/C16H29NO4/c1-3-5-11-16(21-17(18)19)12-13-9-7-6-8-10-14(13)20-15(16)4-2/h13-15H,3-12H2,1-2H3/t13-,14-,15?,16?/m1/s1. The van der Waals surface area contributed by atoms with Crippen molar-refractivity contribution in [3.05, 3.63) is 10.1 Å². The average molecular weight is 299 g/mol. The van der Waals surface area contributed by atoms with Gasteiger partial charge in [0.2, 0.25) is 0 Å². The molecule has 2 rings (SSSR count). The van der Waals surface area contributed by atoms with Crippen molar-refractivity contribution >= 4 is 0 Å². The van der Waals surface area contributed by atoms with Crippen molar-refractivity contribution in [3.63, 3.8) is 0 Å². The first-order valence-electron chi connectivity index (χ1n) is 8.60. The van der Waals surface area contributed by atoms with E-state index >= 15 is 0 Å². The van der Waals surface area contributed by atoms with Crippen molar-refractivity contribution in [3.8, 4) is 0 Å². The summed E-state index contributed by atoms with van der Waals surface area (Å²) in [6, 6.07) is 0. The van der Waals surface area contributed by atoms with Gasteiger partial charge >= 0.3 is 0 Å². The zero-order chi connectivity index (χ0) is 15.3. The maximum atomic E-state index is 11.1. The number of hydrogen-bond acceptors (Lipinski definition) is 4. The van der Waals surface area contributed by atoms with E-state index in [1.807, 2.05) is 6.92 Å². The molecule has 21 heavy (non-hydrogen) atoms. The third-order valence-electron chi connectivity index (χ3n) is 5.20. The van der Waals surface area contributed by atoms with Crippen LogP contribution in [0.2, 0.25) is 0 Å². The minimum absolute atomic E-state index is 0.145. The lowest BCUT2D eigenvalue weighted by Crippen LogP contribution is -2.55. The molecule has 1 saturated carbocycles. The second-order valence-electron chi connectivity index (χ2n) is 6.66. The van der Waals surface area contributed by atoms with Gasteiger partial charge in [-0.05, 0) is 38.0 Å². The molecule has 1 aliphatic carbocycles. The predicted molar refractivity (Wildman–Crippen MR) is 80.5 cm³/mol. The highest BCUT2D eigenvalue weighted by molar-refractivity contribution is 4.97. The molecule has 1 heterocycles. The van der Waals surface area contributed by atoms with Crippen LogP contribution in [0.5, 0.6) is 0 Å². The molecule has 1 saturated heterocycles. The Morgan fingerprint density at radius 1 is 1.29 bits per heavy atom. The Kier molecular flexibility index (Phi) is 5.85. The molecule has 0 aromatic heterocycles. The molecular formula is C16H29NO4. The van der Waals surface area contributed by atoms with Gasteiger partial charge in [-0.25, -0.2) is 0 Å². The van der Waals surface area contributed by atoms with Gasteiger partial charge < -0.3 is 9.57 Å². The Morgan fingerprint density at radius 2 is 2.05 bits per heavy atom. The van der Waals surface area contributed by atoms with Gasteiger partial charge in [-0.2, -0.15) is 0 Å². The fourth-order valence-electron chi connectivity index (χ4n) is 4.17. The number of fused-ring (bicyclic) bond motifs is 1. The summed E-state index contributed by atoms with van der Waals surface area (Å²) in [5.74, 6) is 0.423. The van der Waals surface area contributed by atoms with Gasteiger partial charge in [0.1, 0.15) is 5.60 Å². The Balaban J connectivity index is 2.19. The van der Waals surface area contributed by atoms with Crippen LogP contribution in [0.15, 0.2) is 0 Å². The first kappa shape index (κ1) is 16.5. The van der Waals surface area contributed by atoms with Gasteiger partial charge in [-0.1, -0.05) is 46.0 Å². The van der Waals surface area contributed by atoms with Crippen molar-refractivity contribution in [1.82, 2.24) is 0 Å². The smallest absolute Gasteiger partial charge is 0.295 e. The molecule has 2 aliphatic rings. The van der Waals surface area contributed by atoms with E-state index in [9.17, 15) is 10.1 Å². The third-order valence-corrected chi connectivity index (χ3v) is 5.20. The summed E-state index contributed by atoms with van der Waals surface area (Å²) in [5.41, 5.74) is -0.722. The summed E-state index contributed by atoms with van der Waals surface area (Å²) in [7, 11) is 0. The van der Waals surface area contributed by atoms with Crippen LogP contribution in [0, 0.1) is 16.0 Å². The summed E-state index contributed by atoms with van der Waals surface area (Å²) >= 11 is 0.